The van der Waals surface area contributed by atoms with Crippen LogP contribution in [0.1, 0.15) is 11.4 Å². The number of fused-ring (bicyclic) bond motifs is 3. The van der Waals surface area contributed by atoms with Gasteiger partial charge in [-0.25, -0.2) is 4.75 Å². The van der Waals surface area contributed by atoms with Crippen molar-refractivity contribution < 1.29 is 0 Å². The Kier molecular flexibility index (Phi) is 2.08. The summed E-state index contributed by atoms with van der Waals surface area (Å²) < 4.78 is 4.54. The molecule has 0 aliphatic carbocycles. The van der Waals surface area contributed by atoms with E-state index >= 15 is 0 Å². The lowest BCUT2D eigenvalue weighted by atomic mass is 10.2. The molecular weight excluding hydrogens is 217 g/mol. The Balaban J connectivity index is 2.50. The zero-order valence-corrected chi connectivity index (χ0v) is 9.99. The van der Waals surface area contributed by atoms with E-state index in [1.54, 1.807) is 0 Å². The zero-order valence-electron chi connectivity index (χ0n) is 9.10. The Hall–Kier alpha value is -1.60. The van der Waals surface area contributed by atoms with Crippen LogP contribution in [-0.2, 0) is 0 Å². The van der Waals surface area contributed by atoms with Gasteiger partial charge < -0.3 is 0 Å². The van der Waals surface area contributed by atoms with Crippen LogP contribution < -0.4 is 0 Å². The molecule has 0 aliphatic heterocycles. The van der Waals surface area contributed by atoms with E-state index in [0.29, 0.717) is 0 Å². The van der Waals surface area contributed by atoms with Crippen molar-refractivity contribution in [1.29, 1.82) is 0 Å². The van der Waals surface area contributed by atoms with Gasteiger partial charge in [-0.3, -0.25) is 9.97 Å². The van der Waals surface area contributed by atoms with Crippen molar-refractivity contribution in [1.82, 2.24) is 14.7 Å². The van der Waals surface area contributed by atoms with Gasteiger partial charge in [0.15, 0.2) is 0 Å². The average molecular weight is 227 g/mol. The third kappa shape index (κ3) is 1.44. The number of hydrogen-bond donors (Lipinski definition) is 0. The molecule has 3 heterocycles. The molecule has 0 N–H and O–H groups in total. The maximum Gasteiger partial charge on any atom is 0.0792 e. The van der Waals surface area contributed by atoms with Gasteiger partial charge in [-0.2, -0.15) is 0 Å². The van der Waals surface area contributed by atoms with Gasteiger partial charge in [0.1, 0.15) is 0 Å². The SMILES string of the molecule is Cc1cc2npc3cc(C)ncc3c2cn1. The predicted molar refractivity (Wildman–Crippen MR) is 66.8 cm³/mol. The van der Waals surface area contributed by atoms with Gasteiger partial charge in [0.25, 0.3) is 0 Å². The minimum Gasteiger partial charge on any atom is -0.261 e. The standard InChI is InChI=1S/C12H10N3P/c1-7-3-11-9(5-13-7)10-6-14-8(2)4-12(10)16-15-11/h3-6H,1-2H3. The summed E-state index contributed by atoms with van der Waals surface area (Å²) in [6.07, 6.45) is 3.81. The van der Waals surface area contributed by atoms with E-state index in [4.69, 9.17) is 0 Å². The van der Waals surface area contributed by atoms with E-state index in [1.807, 2.05) is 32.3 Å². The molecule has 0 spiro atoms. The molecule has 3 rings (SSSR count). The zero-order chi connectivity index (χ0) is 11.1. The summed E-state index contributed by atoms with van der Waals surface area (Å²) in [5, 5.41) is 3.46. The van der Waals surface area contributed by atoms with Crippen LogP contribution in [0.15, 0.2) is 24.5 Å². The number of pyridine rings is 2. The molecule has 3 aromatic rings. The summed E-state index contributed by atoms with van der Waals surface area (Å²) in [6.45, 7) is 3.98. The molecule has 0 saturated heterocycles. The fraction of sp³-hybridized carbons (Fsp3) is 0.167. The van der Waals surface area contributed by atoms with E-state index in [2.05, 4.69) is 20.8 Å². The number of aromatic nitrogens is 3. The Morgan fingerprint density at radius 2 is 1.62 bits per heavy atom. The van der Waals surface area contributed by atoms with Gasteiger partial charge in [-0.05, 0) is 26.0 Å². The largest absolute Gasteiger partial charge is 0.261 e. The first-order chi connectivity index (χ1) is 7.74. The highest BCUT2D eigenvalue weighted by molar-refractivity contribution is 7.32. The summed E-state index contributed by atoms with van der Waals surface area (Å²) in [6, 6.07) is 4.11. The van der Waals surface area contributed by atoms with Gasteiger partial charge in [-0.1, -0.05) is 0 Å². The molecule has 0 fully saturated rings. The molecule has 3 aromatic heterocycles. The van der Waals surface area contributed by atoms with Crippen LogP contribution in [-0.4, -0.2) is 14.7 Å². The van der Waals surface area contributed by atoms with Crippen molar-refractivity contribution in [3.05, 3.63) is 35.9 Å². The molecule has 0 atom stereocenters. The van der Waals surface area contributed by atoms with E-state index in [-0.39, 0.29) is 0 Å². The van der Waals surface area contributed by atoms with Crippen LogP contribution in [0, 0.1) is 13.8 Å². The number of nitrogens with zero attached hydrogens (tertiary/aromatic N) is 3. The van der Waals surface area contributed by atoms with Gasteiger partial charge in [0.2, 0.25) is 0 Å². The van der Waals surface area contributed by atoms with Crippen LogP contribution in [0.4, 0.5) is 0 Å². The first kappa shape index (κ1) is 9.61. The monoisotopic (exact) mass is 227 g/mol. The predicted octanol–water partition coefficient (Wildman–Crippen LogP) is 3.37. The Labute approximate surface area is 94.7 Å². The lowest BCUT2D eigenvalue weighted by Gasteiger charge is -2.03. The second-order valence-electron chi connectivity index (χ2n) is 3.89. The lowest BCUT2D eigenvalue weighted by molar-refractivity contribution is 1.21. The maximum absolute atomic E-state index is 4.54. The highest BCUT2D eigenvalue weighted by atomic mass is 31.0. The average Bonchev–Trinajstić information content (AvgIpc) is 2.28. The number of hydrogen-bond acceptors (Lipinski definition) is 3. The van der Waals surface area contributed by atoms with E-state index < -0.39 is 0 Å². The highest BCUT2D eigenvalue weighted by Crippen LogP contribution is 2.28. The summed E-state index contributed by atoms with van der Waals surface area (Å²) in [5.41, 5.74) is 3.05. The van der Waals surface area contributed by atoms with Gasteiger partial charge in [-0.15, -0.1) is 0 Å². The molecule has 16 heavy (non-hydrogen) atoms. The molecule has 4 heteroatoms. The minimum atomic E-state index is 1.00. The normalized spacial score (nSPS) is 11.6. The van der Waals surface area contributed by atoms with Crippen molar-refractivity contribution in [3.63, 3.8) is 0 Å². The third-order valence-electron chi connectivity index (χ3n) is 2.59. The Morgan fingerprint density at radius 3 is 2.44 bits per heavy atom. The van der Waals surface area contributed by atoms with Crippen LogP contribution in [0.25, 0.3) is 21.4 Å². The van der Waals surface area contributed by atoms with Crippen LogP contribution in [0.3, 0.4) is 0 Å². The van der Waals surface area contributed by atoms with E-state index in [0.717, 1.165) is 36.0 Å². The molecule has 0 bridgehead atoms. The van der Waals surface area contributed by atoms with Crippen molar-refractivity contribution in [3.8, 4) is 0 Å². The van der Waals surface area contributed by atoms with Crippen molar-refractivity contribution in [2.24, 2.45) is 0 Å². The highest BCUT2D eigenvalue weighted by Gasteiger charge is 2.03. The molecule has 0 saturated carbocycles. The van der Waals surface area contributed by atoms with Gasteiger partial charge in [0.05, 0.1) is 5.52 Å². The Bertz CT molecular complexity index is 633. The molecule has 0 aliphatic rings. The lowest BCUT2D eigenvalue weighted by Crippen LogP contribution is -1.86. The summed E-state index contributed by atoms with van der Waals surface area (Å²) in [4.78, 5) is 8.66. The molecule has 0 amide bonds. The summed E-state index contributed by atoms with van der Waals surface area (Å²) >= 11 is 0. The Morgan fingerprint density at radius 1 is 0.938 bits per heavy atom. The topological polar surface area (TPSA) is 38.7 Å². The first-order valence-electron chi connectivity index (χ1n) is 5.09. The second-order valence-corrected chi connectivity index (χ2v) is 4.77. The second kappa shape index (κ2) is 3.46. The quantitative estimate of drug-likeness (QED) is 0.552. The minimum absolute atomic E-state index is 1.00. The van der Waals surface area contributed by atoms with E-state index in [9.17, 15) is 0 Å². The molecular formula is C12H10N3P. The van der Waals surface area contributed by atoms with Crippen molar-refractivity contribution in [2.45, 2.75) is 13.8 Å². The van der Waals surface area contributed by atoms with Gasteiger partial charge >= 0.3 is 0 Å². The van der Waals surface area contributed by atoms with Crippen LogP contribution >= 0.6 is 8.35 Å². The first-order valence-corrected chi connectivity index (χ1v) is 5.94. The van der Waals surface area contributed by atoms with Crippen LogP contribution in [0.5, 0.6) is 0 Å². The van der Waals surface area contributed by atoms with Crippen molar-refractivity contribution >= 4 is 29.8 Å². The summed E-state index contributed by atoms with van der Waals surface area (Å²) in [5.74, 6) is 0. The van der Waals surface area contributed by atoms with Gasteiger partial charge in [0, 0.05) is 48.0 Å². The molecule has 3 nitrogen and oxygen atoms in total. The number of rotatable bonds is 0. The smallest absolute Gasteiger partial charge is 0.0792 e. The molecule has 0 aromatic carbocycles. The molecule has 0 unspecified atom stereocenters. The van der Waals surface area contributed by atoms with Crippen molar-refractivity contribution in [2.75, 3.05) is 0 Å². The molecule has 78 valence electrons. The number of aryl methyl sites for hydroxylation is 2. The third-order valence-corrected chi connectivity index (χ3v) is 3.49. The van der Waals surface area contributed by atoms with E-state index in [1.165, 1.54) is 5.12 Å². The fourth-order valence-electron chi connectivity index (χ4n) is 1.78. The molecule has 0 radical (unpaired) electrons. The summed E-state index contributed by atoms with van der Waals surface area (Å²) in [7, 11) is 1.00. The van der Waals surface area contributed by atoms with Crippen LogP contribution in [0.2, 0.25) is 0 Å². The maximum atomic E-state index is 4.54. The fourth-order valence-corrected chi connectivity index (χ4v) is 2.69.